The van der Waals surface area contributed by atoms with Gasteiger partial charge in [0.2, 0.25) is 0 Å². The molecule has 0 saturated heterocycles. The zero-order valence-electron chi connectivity index (χ0n) is 21.9. The highest BCUT2D eigenvalue weighted by atomic mass is 32.2. The van der Waals surface area contributed by atoms with E-state index in [-0.39, 0.29) is 0 Å². The molecule has 0 unspecified atom stereocenters. The van der Waals surface area contributed by atoms with E-state index in [0.29, 0.717) is 0 Å². The molecule has 0 aliphatic rings. The molecule has 0 radical (unpaired) electrons. The fourth-order valence-corrected chi connectivity index (χ4v) is 5.27. The molecule has 0 aromatic carbocycles. The Bertz CT molecular complexity index is 322. The van der Waals surface area contributed by atoms with Gasteiger partial charge in [-0.2, -0.15) is 11.8 Å². The summed E-state index contributed by atoms with van der Waals surface area (Å²) in [6.07, 6.45) is 39.2. The van der Waals surface area contributed by atoms with Crippen molar-refractivity contribution in [2.45, 2.75) is 168 Å². The van der Waals surface area contributed by atoms with E-state index in [2.05, 4.69) is 37.8 Å². The highest BCUT2D eigenvalue weighted by Gasteiger charge is 1.95. The molecule has 0 aliphatic carbocycles. The summed E-state index contributed by atoms with van der Waals surface area (Å²) in [7, 11) is 0. The Labute approximate surface area is 203 Å². The van der Waals surface area contributed by atoms with E-state index in [0.717, 1.165) is 0 Å². The molecule has 0 rings (SSSR count). The average molecular weight is 453 g/mol. The van der Waals surface area contributed by atoms with Crippen LogP contribution in [0.1, 0.15) is 168 Å². The van der Waals surface area contributed by atoms with Crippen LogP contribution >= 0.6 is 11.8 Å². The quantitative estimate of drug-likeness (QED) is 0.0881. The van der Waals surface area contributed by atoms with Gasteiger partial charge in [0, 0.05) is 0 Å². The van der Waals surface area contributed by atoms with Gasteiger partial charge in [0.15, 0.2) is 0 Å². The van der Waals surface area contributed by atoms with E-state index >= 15 is 0 Å². The summed E-state index contributed by atoms with van der Waals surface area (Å²) >= 11 is 2.21. The fraction of sp³-hybridized carbons (Fsp3) is 0.933. The van der Waals surface area contributed by atoms with E-state index in [1.807, 2.05) is 0 Å². The minimum atomic E-state index is 1.31. The van der Waals surface area contributed by atoms with Gasteiger partial charge < -0.3 is 0 Å². The molecule has 0 nitrogen and oxygen atoms in total. The van der Waals surface area contributed by atoms with Crippen LogP contribution < -0.4 is 0 Å². The standard InChI is InChI=1S/C30H60S/c1-3-5-7-9-11-13-15-16-17-18-19-20-22-24-26-28-30-31-29-27-25-23-21-14-12-10-8-6-4-2/h16-17H,3-15,18-30H2,1-2H3/b17-16-. The molecule has 0 heterocycles. The first-order valence-electron chi connectivity index (χ1n) is 14.6. The van der Waals surface area contributed by atoms with E-state index in [4.69, 9.17) is 0 Å². The summed E-state index contributed by atoms with van der Waals surface area (Å²) in [6.45, 7) is 4.60. The maximum Gasteiger partial charge on any atom is -0.00675 e. The summed E-state index contributed by atoms with van der Waals surface area (Å²) in [5.74, 6) is 2.81. The second-order valence-corrected chi connectivity index (χ2v) is 11.0. The smallest absolute Gasteiger partial charge is 0.00675 e. The maximum atomic E-state index is 2.44. The second-order valence-electron chi connectivity index (χ2n) is 9.73. The third-order valence-corrected chi connectivity index (χ3v) is 7.60. The molecule has 0 amide bonds. The van der Waals surface area contributed by atoms with Crippen molar-refractivity contribution in [1.29, 1.82) is 0 Å². The van der Waals surface area contributed by atoms with E-state index in [1.54, 1.807) is 0 Å². The number of allylic oxidation sites excluding steroid dienone is 2. The molecule has 0 N–H and O–H groups in total. The molecule has 0 atom stereocenters. The van der Waals surface area contributed by atoms with Crippen molar-refractivity contribution in [3.05, 3.63) is 12.2 Å². The number of hydrogen-bond donors (Lipinski definition) is 0. The zero-order valence-corrected chi connectivity index (χ0v) is 22.8. The van der Waals surface area contributed by atoms with Crippen molar-refractivity contribution in [2.24, 2.45) is 0 Å². The lowest BCUT2D eigenvalue weighted by molar-refractivity contribution is 0.563. The van der Waals surface area contributed by atoms with Gasteiger partial charge in [0.05, 0.1) is 0 Å². The third kappa shape index (κ3) is 30.1. The van der Waals surface area contributed by atoms with Crippen LogP contribution in [0.2, 0.25) is 0 Å². The van der Waals surface area contributed by atoms with Crippen LogP contribution in [0.5, 0.6) is 0 Å². The molecule has 0 aromatic heterocycles. The van der Waals surface area contributed by atoms with Crippen LogP contribution in [0.4, 0.5) is 0 Å². The molecule has 31 heavy (non-hydrogen) atoms. The van der Waals surface area contributed by atoms with Gasteiger partial charge in [-0.25, -0.2) is 0 Å². The SMILES string of the molecule is CCCCCCCC/C=C\CCCCCCCCSCCCCCCCCCCCC. The Morgan fingerprint density at radius 3 is 1.00 bits per heavy atom. The number of hydrogen-bond acceptors (Lipinski definition) is 1. The molecule has 0 saturated carbocycles. The monoisotopic (exact) mass is 452 g/mol. The van der Waals surface area contributed by atoms with Gasteiger partial charge in [-0.1, -0.05) is 142 Å². The topological polar surface area (TPSA) is 0 Å². The molecule has 0 fully saturated rings. The Kier molecular flexibility index (Phi) is 30.2. The lowest BCUT2D eigenvalue weighted by Gasteiger charge is -2.04. The lowest BCUT2D eigenvalue weighted by atomic mass is 10.1. The van der Waals surface area contributed by atoms with Crippen molar-refractivity contribution in [2.75, 3.05) is 11.5 Å². The third-order valence-electron chi connectivity index (χ3n) is 6.44. The minimum Gasteiger partial charge on any atom is -0.162 e. The molecular weight excluding hydrogens is 392 g/mol. The van der Waals surface area contributed by atoms with Crippen LogP contribution in [0.15, 0.2) is 12.2 Å². The number of thioether (sulfide) groups is 1. The largest absolute Gasteiger partial charge is 0.162 e. The van der Waals surface area contributed by atoms with Gasteiger partial charge in [-0.15, -0.1) is 0 Å². The molecule has 1 heteroatoms. The Morgan fingerprint density at radius 2 is 0.645 bits per heavy atom. The Balaban J connectivity index is 3.04. The first-order chi connectivity index (χ1) is 15.4. The van der Waals surface area contributed by atoms with Crippen LogP contribution in [-0.2, 0) is 0 Å². The van der Waals surface area contributed by atoms with Crippen LogP contribution in [0.3, 0.4) is 0 Å². The Morgan fingerprint density at radius 1 is 0.355 bits per heavy atom. The van der Waals surface area contributed by atoms with Gasteiger partial charge in [0.25, 0.3) is 0 Å². The summed E-state index contributed by atoms with van der Waals surface area (Å²) < 4.78 is 0. The Hall–Kier alpha value is 0.0900. The molecule has 0 aromatic rings. The summed E-state index contributed by atoms with van der Waals surface area (Å²) in [5.41, 5.74) is 0. The summed E-state index contributed by atoms with van der Waals surface area (Å²) in [6, 6.07) is 0. The van der Waals surface area contributed by atoms with Crippen molar-refractivity contribution >= 4 is 11.8 Å². The predicted octanol–water partition coefficient (Wildman–Crippen LogP) is 11.7. The van der Waals surface area contributed by atoms with Gasteiger partial charge >= 0.3 is 0 Å². The van der Waals surface area contributed by atoms with Gasteiger partial charge in [0.1, 0.15) is 0 Å². The highest BCUT2D eigenvalue weighted by molar-refractivity contribution is 7.99. The fourth-order valence-electron chi connectivity index (χ4n) is 4.25. The van der Waals surface area contributed by atoms with Crippen LogP contribution in [0, 0.1) is 0 Å². The number of rotatable bonds is 27. The van der Waals surface area contributed by atoms with Gasteiger partial charge in [-0.3, -0.25) is 0 Å². The molecule has 0 bridgehead atoms. The normalized spacial score (nSPS) is 11.7. The molecule has 0 spiro atoms. The molecular formula is C30H60S. The summed E-state index contributed by atoms with van der Waals surface area (Å²) in [5, 5.41) is 0. The van der Waals surface area contributed by atoms with E-state index in [9.17, 15) is 0 Å². The minimum absolute atomic E-state index is 1.31. The predicted molar refractivity (Wildman–Crippen MR) is 149 cm³/mol. The van der Waals surface area contributed by atoms with E-state index < -0.39 is 0 Å². The van der Waals surface area contributed by atoms with Crippen molar-refractivity contribution < 1.29 is 0 Å². The average Bonchev–Trinajstić information content (AvgIpc) is 2.78. The second kappa shape index (κ2) is 30.1. The van der Waals surface area contributed by atoms with Crippen molar-refractivity contribution in [3.63, 3.8) is 0 Å². The maximum absolute atomic E-state index is 2.44. The zero-order chi connectivity index (χ0) is 22.5. The van der Waals surface area contributed by atoms with E-state index in [1.165, 1.54) is 166 Å². The first-order valence-corrected chi connectivity index (χ1v) is 15.8. The lowest BCUT2D eigenvalue weighted by Crippen LogP contribution is -1.87. The molecule has 186 valence electrons. The first kappa shape index (κ1) is 31.1. The van der Waals surface area contributed by atoms with Crippen LogP contribution in [-0.4, -0.2) is 11.5 Å². The van der Waals surface area contributed by atoms with Crippen molar-refractivity contribution in [3.8, 4) is 0 Å². The molecule has 0 aliphatic heterocycles. The summed E-state index contributed by atoms with van der Waals surface area (Å²) in [4.78, 5) is 0. The van der Waals surface area contributed by atoms with Gasteiger partial charge in [-0.05, 0) is 50.0 Å². The number of unbranched alkanes of at least 4 members (excludes halogenated alkanes) is 21. The van der Waals surface area contributed by atoms with Crippen molar-refractivity contribution in [1.82, 2.24) is 0 Å². The highest BCUT2D eigenvalue weighted by Crippen LogP contribution is 2.15. The van der Waals surface area contributed by atoms with Crippen LogP contribution in [0.25, 0.3) is 0 Å².